The van der Waals surface area contributed by atoms with Gasteiger partial charge in [0.05, 0.1) is 14.2 Å². The predicted molar refractivity (Wildman–Crippen MR) is 51.2 cm³/mol. The maximum atomic E-state index is 5.69. The molecule has 0 aromatic heterocycles. The molecule has 0 bridgehead atoms. The minimum Gasteiger partial charge on any atom is -0.494 e. The van der Waals surface area contributed by atoms with Crippen LogP contribution in [-0.2, 0) is 0 Å². The maximum absolute atomic E-state index is 5.69. The van der Waals surface area contributed by atoms with Crippen molar-refractivity contribution in [3.8, 4) is 11.5 Å². The SMILES string of the molecule is COc1cc(S)cc(OC)c1N. The third-order valence-electron chi connectivity index (χ3n) is 1.53. The zero-order valence-corrected chi connectivity index (χ0v) is 7.89. The lowest BCUT2D eigenvalue weighted by Crippen LogP contribution is -1.96. The molecule has 0 saturated carbocycles. The van der Waals surface area contributed by atoms with Crippen molar-refractivity contribution < 1.29 is 9.47 Å². The van der Waals surface area contributed by atoms with Crippen LogP contribution in [0.5, 0.6) is 11.5 Å². The van der Waals surface area contributed by atoms with Gasteiger partial charge in [0.1, 0.15) is 17.2 Å². The highest BCUT2D eigenvalue weighted by Crippen LogP contribution is 2.33. The van der Waals surface area contributed by atoms with Crippen LogP contribution in [0.1, 0.15) is 0 Å². The second-order valence-electron chi connectivity index (χ2n) is 2.26. The number of methoxy groups -OCH3 is 2. The molecule has 0 atom stereocenters. The lowest BCUT2D eigenvalue weighted by atomic mass is 10.3. The minimum absolute atomic E-state index is 0.498. The van der Waals surface area contributed by atoms with Gasteiger partial charge in [-0.05, 0) is 12.1 Å². The van der Waals surface area contributed by atoms with Crippen molar-refractivity contribution >= 4 is 18.3 Å². The molecular formula is C8H11NO2S. The van der Waals surface area contributed by atoms with Crippen molar-refractivity contribution in [2.75, 3.05) is 20.0 Å². The molecule has 0 unspecified atom stereocenters. The Bertz CT molecular complexity index is 263. The van der Waals surface area contributed by atoms with Crippen LogP contribution in [0.4, 0.5) is 5.69 Å². The summed E-state index contributed by atoms with van der Waals surface area (Å²) in [5.41, 5.74) is 6.19. The monoisotopic (exact) mass is 185 g/mol. The molecule has 0 radical (unpaired) electrons. The molecule has 3 nitrogen and oxygen atoms in total. The van der Waals surface area contributed by atoms with Gasteiger partial charge in [0, 0.05) is 4.90 Å². The highest BCUT2D eigenvalue weighted by Gasteiger charge is 2.06. The fraction of sp³-hybridized carbons (Fsp3) is 0.250. The van der Waals surface area contributed by atoms with Gasteiger partial charge in [0.15, 0.2) is 0 Å². The van der Waals surface area contributed by atoms with E-state index in [1.54, 1.807) is 26.4 Å². The van der Waals surface area contributed by atoms with Gasteiger partial charge in [-0.1, -0.05) is 0 Å². The van der Waals surface area contributed by atoms with Gasteiger partial charge < -0.3 is 15.2 Å². The lowest BCUT2D eigenvalue weighted by Gasteiger charge is -2.09. The van der Waals surface area contributed by atoms with E-state index in [0.717, 1.165) is 4.90 Å². The summed E-state index contributed by atoms with van der Waals surface area (Å²) >= 11 is 4.16. The van der Waals surface area contributed by atoms with Crippen molar-refractivity contribution in [3.63, 3.8) is 0 Å². The lowest BCUT2D eigenvalue weighted by molar-refractivity contribution is 0.396. The Morgan fingerprint density at radius 1 is 1.17 bits per heavy atom. The van der Waals surface area contributed by atoms with Gasteiger partial charge in [-0.3, -0.25) is 0 Å². The molecule has 0 fully saturated rings. The van der Waals surface area contributed by atoms with Crippen LogP contribution in [0.15, 0.2) is 17.0 Å². The van der Waals surface area contributed by atoms with Gasteiger partial charge >= 0.3 is 0 Å². The topological polar surface area (TPSA) is 44.5 Å². The molecule has 4 heteroatoms. The van der Waals surface area contributed by atoms with Crippen molar-refractivity contribution in [1.29, 1.82) is 0 Å². The maximum Gasteiger partial charge on any atom is 0.146 e. The van der Waals surface area contributed by atoms with Crippen molar-refractivity contribution in [3.05, 3.63) is 12.1 Å². The number of hydrogen-bond donors (Lipinski definition) is 2. The standard InChI is InChI=1S/C8H11NO2S/c1-10-6-3-5(12)4-7(11-2)8(6)9/h3-4,12H,9H2,1-2H3. The summed E-state index contributed by atoms with van der Waals surface area (Å²) in [4.78, 5) is 0.762. The molecule has 1 rings (SSSR count). The molecule has 0 saturated heterocycles. The van der Waals surface area contributed by atoms with Gasteiger partial charge in [-0.15, -0.1) is 12.6 Å². The zero-order valence-electron chi connectivity index (χ0n) is 7.00. The number of thiol groups is 1. The Balaban J connectivity index is 3.22. The quantitative estimate of drug-likeness (QED) is 0.543. The van der Waals surface area contributed by atoms with E-state index in [1.807, 2.05) is 0 Å². The van der Waals surface area contributed by atoms with Crippen LogP contribution in [0.3, 0.4) is 0 Å². The molecule has 0 amide bonds. The van der Waals surface area contributed by atoms with E-state index in [1.165, 1.54) is 0 Å². The average molecular weight is 185 g/mol. The third-order valence-corrected chi connectivity index (χ3v) is 1.79. The highest BCUT2D eigenvalue weighted by atomic mass is 32.1. The molecule has 0 heterocycles. The Hall–Kier alpha value is -1.03. The van der Waals surface area contributed by atoms with Crippen molar-refractivity contribution in [2.45, 2.75) is 4.90 Å². The molecule has 12 heavy (non-hydrogen) atoms. The summed E-state index contributed by atoms with van der Waals surface area (Å²) in [5, 5.41) is 0. The number of hydrogen-bond acceptors (Lipinski definition) is 4. The molecule has 1 aromatic rings. The van der Waals surface area contributed by atoms with Gasteiger partial charge in [-0.2, -0.15) is 0 Å². The van der Waals surface area contributed by atoms with E-state index in [4.69, 9.17) is 15.2 Å². The molecule has 66 valence electrons. The normalized spacial score (nSPS) is 9.58. The van der Waals surface area contributed by atoms with E-state index in [2.05, 4.69) is 12.6 Å². The highest BCUT2D eigenvalue weighted by molar-refractivity contribution is 7.80. The Kier molecular flexibility index (Phi) is 2.70. The Labute approximate surface area is 76.9 Å². The first-order chi connectivity index (χ1) is 5.69. The second-order valence-corrected chi connectivity index (χ2v) is 2.78. The molecule has 0 aliphatic rings. The summed E-state index contributed by atoms with van der Waals surface area (Å²) < 4.78 is 10.0. The minimum atomic E-state index is 0.498. The summed E-state index contributed by atoms with van der Waals surface area (Å²) in [7, 11) is 3.11. The van der Waals surface area contributed by atoms with Gasteiger partial charge in [-0.25, -0.2) is 0 Å². The van der Waals surface area contributed by atoms with Crippen molar-refractivity contribution in [1.82, 2.24) is 0 Å². The first-order valence-corrected chi connectivity index (χ1v) is 3.84. The van der Waals surface area contributed by atoms with Gasteiger partial charge in [0.2, 0.25) is 0 Å². The van der Waals surface area contributed by atoms with Crippen LogP contribution in [-0.4, -0.2) is 14.2 Å². The number of nitrogen functional groups attached to an aromatic ring is 1. The third kappa shape index (κ3) is 1.58. The molecule has 0 aliphatic carbocycles. The summed E-state index contributed by atoms with van der Waals surface area (Å²) in [5.74, 6) is 1.17. The fourth-order valence-corrected chi connectivity index (χ4v) is 1.16. The fourth-order valence-electron chi connectivity index (χ4n) is 0.925. The van der Waals surface area contributed by atoms with Crippen LogP contribution < -0.4 is 15.2 Å². The Morgan fingerprint density at radius 3 is 1.92 bits per heavy atom. The zero-order chi connectivity index (χ0) is 9.14. The number of ether oxygens (including phenoxy) is 2. The van der Waals surface area contributed by atoms with E-state index in [0.29, 0.717) is 17.2 Å². The number of anilines is 1. The predicted octanol–water partition coefficient (Wildman–Crippen LogP) is 1.57. The molecule has 0 aliphatic heterocycles. The van der Waals surface area contributed by atoms with Crippen molar-refractivity contribution in [2.24, 2.45) is 0 Å². The number of nitrogens with two attached hydrogens (primary N) is 1. The summed E-state index contributed by atoms with van der Waals surface area (Å²) in [6.07, 6.45) is 0. The molecule has 0 spiro atoms. The van der Waals surface area contributed by atoms with Crippen LogP contribution in [0, 0.1) is 0 Å². The van der Waals surface area contributed by atoms with Crippen LogP contribution in [0.2, 0.25) is 0 Å². The smallest absolute Gasteiger partial charge is 0.146 e. The summed E-state index contributed by atoms with van der Waals surface area (Å²) in [6.45, 7) is 0. The first-order valence-electron chi connectivity index (χ1n) is 3.39. The number of rotatable bonds is 2. The summed E-state index contributed by atoms with van der Waals surface area (Å²) in [6, 6.07) is 3.47. The number of benzene rings is 1. The largest absolute Gasteiger partial charge is 0.494 e. The second kappa shape index (κ2) is 3.58. The molecular weight excluding hydrogens is 174 g/mol. The Morgan fingerprint density at radius 2 is 1.58 bits per heavy atom. The van der Waals surface area contributed by atoms with E-state index < -0.39 is 0 Å². The first kappa shape index (κ1) is 9.06. The molecule has 2 N–H and O–H groups in total. The molecule has 1 aromatic carbocycles. The average Bonchev–Trinajstić information content (AvgIpc) is 2.08. The van der Waals surface area contributed by atoms with Gasteiger partial charge in [0.25, 0.3) is 0 Å². The van der Waals surface area contributed by atoms with Crippen LogP contribution in [0.25, 0.3) is 0 Å². The van der Waals surface area contributed by atoms with Crippen LogP contribution >= 0.6 is 12.6 Å². The van der Waals surface area contributed by atoms with E-state index >= 15 is 0 Å². The van der Waals surface area contributed by atoms with E-state index in [9.17, 15) is 0 Å². The van der Waals surface area contributed by atoms with E-state index in [-0.39, 0.29) is 0 Å².